The van der Waals surface area contributed by atoms with Crippen molar-refractivity contribution in [2.75, 3.05) is 13.1 Å². The standard InChI is InChI=1S/C10H13N3O5/c14-6-3-13(4-7(6)15)9(17)2-5-1-8(16)12-10(18)11-5/h1,6-7,14-15H,2-4H2,(H2,11,12,16,18). The summed E-state index contributed by atoms with van der Waals surface area (Å²) in [5, 5.41) is 18.6. The molecule has 8 heteroatoms. The lowest BCUT2D eigenvalue weighted by Gasteiger charge is -2.14. The van der Waals surface area contributed by atoms with E-state index < -0.39 is 23.5 Å². The van der Waals surface area contributed by atoms with E-state index in [0.717, 1.165) is 6.07 Å². The maximum Gasteiger partial charge on any atom is 0.325 e. The highest BCUT2D eigenvalue weighted by molar-refractivity contribution is 5.78. The van der Waals surface area contributed by atoms with Gasteiger partial charge in [0.2, 0.25) is 5.91 Å². The fraction of sp³-hybridized carbons (Fsp3) is 0.500. The monoisotopic (exact) mass is 255 g/mol. The van der Waals surface area contributed by atoms with Crippen LogP contribution < -0.4 is 11.2 Å². The van der Waals surface area contributed by atoms with Crippen LogP contribution in [0.2, 0.25) is 0 Å². The summed E-state index contributed by atoms with van der Waals surface area (Å²) in [6.45, 7) is 0.0981. The Morgan fingerprint density at radius 3 is 2.44 bits per heavy atom. The van der Waals surface area contributed by atoms with Crippen LogP contribution in [0, 0.1) is 0 Å². The van der Waals surface area contributed by atoms with Gasteiger partial charge < -0.3 is 20.1 Å². The van der Waals surface area contributed by atoms with Crippen LogP contribution >= 0.6 is 0 Å². The van der Waals surface area contributed by atoms with Crippen molar-refractivity contribution in [3.05, 3.63) is 32.6 Å². The summed E-state index contributed by atoms with van der Waals surface area (Å²) in [6.07, 6.45) is -2.06. The molecule has 2 unspecified atom stereocenters. The summed E-state index contributed by atoms with van der Waals surface area (Å²) in [6, 6.07) is 1.13. The molecule has 1 fully saturated rings. The van der Waals surface area contributed by atoms with Gasteiger partial charge in [0.15, 0.2) is 0 Å². The first-order valence-electron chi connectivity index (χ1n) is 5.42. The molecule has 1 saturated heterocycles. The molecule has 0 bridgehead atoms. The molecule has 18 heavy (non-hydrogen) atoms. The van der Waals surface area contributed by atoms with Crippen LogP contribution in [0.25, 0.3) is 0 Å². The van der Waals surface area contributed by atoms with E-state index in [4.69, 9.17) is 0 Å². The number of aromatic nitrogens is 2. The van der Waals surface area contributed by atoms with Crippen molar-refractivity contribution in [1.29, 1.82) is 0 Å². The van der Waals surface area contributed by atoms with Gasteiger partial charge in [-0.05, 0) is 0 Å². The second-order valence-electron chi connectivity index (χ2n) is 4.22. The van der Waals surface area contributed by atoms with Crippen LogP contribution in [0.1, 0.15) is 5.69 Å². The number of rotatable bonds is 2. The number of hydrogen-bond acceptors (Lipinski definition) is 5. The first kappa shape index (κ1) is 12.5. The summed E-state index contributed by atoms with van der Waals surface area (Å²) in [7, 11) is 0. The Kier molecular flexibility index (Phi) is 3.30. The van der Waals surface area contributed by atoms with Gasteiger partial charge >= 0.3 is 5.69 Å². The number of carbonyl (C=O) groups is 1. The Morgan fingerprint density at radius 2 is 1.89 bits per heavy atom. The van der Waals surface area contributed by atoms with Crippen molar-refractivity contribution in [3.8, 4) is 0 Å². The summed E-state index contributed by atoms with van der Waals surface area (Å²) in [5.74, 6) is -0.369. The zero-order valence-electron chi connectivity index (χ0n) is 9.42. The number of β-amino-alcohol motifs (C(OH)–C–C–N with tert-alkyl or cyclic N) is 2. The lowest BCUT2D eigenvalue weighted by Crippen LogP contribution is -2.33. The van der Waals surface area contributed by atoms with Crippen molar-refractivity contribution < 1.29 is 15.0 Å². The van der Waals surface area contributed by atoms with Crippen molar-refractivity contribution in [2.45, 2.75) is 18.6 Å². The Bertz CT molecular complexity index is 525. The van der Waals surface area contributed by atoms with Crippen LogP contribution in [0.15, 0.2) is 15.7 Å². The molecular formula is C10H13N3O5. The van der Waals surface area contributed by atoms with E-state index in [1.54, 1.807) is 0 Å². The molecule has 1 aliphatic heterocycles. The Balaban J connectivity index is 2.08. The van der Waals surface area contributed by atoms with E-state index in [1.807, 2.05) is 4.98 Å². The van der Waals surface area contributed by atoms with E-state index in [1.165, 1.54) is 4.90 Å². The van der Waals surface area contributed by atoms with E-state index in [2.05, 4.69) is 4.98 Å². The zero-order valence-corrected chi connectivity index (χ0v) is 9.42. The molecule has 1 aromatic heterocycles. The van der Waals surface area contributed by atoms with Gasteiger partial charge in [-0.1, -0.05) is 0 Å². The second-order valence-corrected chi connectivity index (χ2v) is 4.22. The molecular weight excluding hydrogens is 242 g/mol. The minimum Gasteiger partial charge on any atom is -0.388 e. The number of aliphatic hydroxyl groups is 2. The van der Waals surface area contributed by atoms with E-state index >= 15 is 0 Å². The van der Waals surface area contributed by atoms with Crippen LogP contribution in [0.4, 0.5) is 0 Å². The number of aliphatic hydroxyl groups excluding tert-OH is 2. The number of H-pyrrole nitrogens is 2. The van der Waals surface area contributed by atoms with E-state index in [0.29, 0.717) is 0 Å². The van der Waals surface area contributed by atoms with Crippen LogP contribution in [0.3, 0.4) is 0 Å². The van der Waals surface area contributed by atoms with Gasteiger partial charge in [0.05, 0.1) is 18.6 Å². The molecule has 0 saturated carbocycles. The van der Waals surface area contributed by atoms with Gasteiger partial charge in [-0.15, -0.1) is 0 Å². The number of hydrogen-bond donors (Lipinski definition) is 4. The average Bonchev–Trinajstić information content (AvgIpc) is 2.57. The highest BCUT2D eigenvalue weighted by Crippen LogP contribution is 2.11. The molecule has 0 aliphatic carbocycles. The second kappa shape index (κ2) is 4.75. The normalized spacial score (nSPS) is 23.3. The third-order valence-electron chi connectivity index (χ3n) is 2.77. The molecule has 1 amide bonds. The maximum atomic E-state index is 11.8. The SMILES string of the molecule is O=C(Cc1cc(=O)[nH]c(=O)[nH]1)N1CC(O)C(O)C1. The van der Waals surface area contributed by atoms with Gasteiger partial charge in [-0.3, -0.25) is 14.6 Å². The molecule has 8 nitrogen and oxygen atoms in total. The molecule has 2 rings (SSSR count). The summed E-state index contributed by atoms with van der Waals surface area (Å²) in [5.41, 5.74) is -1.06. The molecule has 1 aromatic rings. The fourth-order valence-electron chi connectivity index (χ4n) is 1.86. The Hall–Kier alpha value is -1.93. The molecule has 0 spiro atoms. The molecule has 98 valence electrons. The molecule has 1 aliphatic rings. The lowest BCUT2D eigenvalue weighted by molar-refractivity contribution is -0.130. The first-order chi connectivity index (χ1) is 8.45. The zero-order chi connectivity index (χ0) is 13.3. The number of nitrogens with zero attached hydrogens (tertiary/aromatic N) is 1. The third kappa shape index (κ3) is 2.66. The number of carbonyl (C=O) groups excluding carboxylic acids is 1. The number of aromatic amines is 2. The molecule has 2 heterocycles. The quantitative estimate of drug-likeness (QED) is 0.453. The van der Waals surface area contributed by atoms with Crippen molar-refractivity contribution in [2.24, 2.45) is 0 Å². The number of nitrogens with one attached hydrogen (secondary N) is 2. The predicted molar refractivity (Wildman–Crippen MR) is 60.0 cm³/mol. The van der Waals surface area contributed by atoms with E-state index in [9.17, 15) is 24.6 Å². The van der Waals surface area contributed by atoms with Gasteiger partial charge in [0.1, 0.15) is 0 Å². The summed E-state index contributed by atoms with van der Waals surface area (Å²) >= 11 is 0. The van der Waals surface area contributed by atoms with E-state index in [-0.39, 0.29) is 31.1 Å². The largest absolute Gasteiger partial charge is 0.388 e. The van der Waals surface area contributed by atoms with Crippen LogP contribution in [0.5, 0.6) is 0 Å². The average molecular weight is 255 g/mol. The highest BCUT2D eigenvalue weighted by atomic mass is 16.3. The predicted octanol–water partition coefficient (Wildman–Crippen LogP) is -2.83. The smallest absolute Gasteiger partial charge is 0.325 e. The Morgan fingerprint density at radius 1 is 1.28 bits per heavy atom. The number of amides is 1. The molecule has 0 aromatic carbocycles. The number of likely N-dealkylation sites (tertiary alicyclic amines) is 1. The van der Waals surface area contributed by atoms with Crippen molar-refractivity contribution >= 4 is 5.91 Å². The minimum atomic E-state index is -0.952. The lowest BCUT2D eigenvalue weighted by atomic mass is 10.2. The summed E-state index contributed by atoms with van der Waals surface area (Å²) < 4.78 is 0. The van der Waals surface area contributed by atoms with Crippen molar-refractivity contribution in [1.82, 2.24) is 14.9 Å². The van der Waals surface area contributed by atoms with Gasteiger partial charge in [-0.25, -0.2) is 4.79 Å². The first-order valence-corrected chi connectivity index (χ1v) is 5.42. The molecule has 0 radical (unpaired) electrons. The van der Waals surface area contributed by atoms with Crippen LogP contribution in [-0.4, -0.2) is 56.3 Å². The van der Waals surface area contributed by atoms with Gasteiger partial charge in [0.25, 0.3) is 5.56 Å². The van der Waals surface area contributed by atoms with Gasteiger partial charge in [0, 0.05) is 24.8 Å². The minimum absolute atomic E-state index is 0.0490. The highest BCUT2D eigenvalue weighted by Gasteiger charge is 2.32. The topological polar surface area (TPSA) is 126 Å². The Labute approximate surface area is 101 Å². The molecule has 2 atom stereocenters. The fourth-order valence-corrected chi connectivity index (χ4v) is 1.86. The third-order valence-corrected chi connectivity index (χ3v) is 2.77. The summed E-state index contributed by atoms with van der Waals surface area (Å²) in [4.78, 5) is 39.5. The van der Waals surface area contributed by atoms with Crippen LogP contribution in [-0.2, 0) is 11.2 Å². The van der Waals surface area contributed by atoms with Gasteiger partial charge in [-0.2, -0.15) is 0 Å². The molecule has 4 N–H and O–H groups in total. The van der Waals surface area contributed by atoms with Crippen molar-refractivity contribution in [3.63, 3.8) is 0 Å². The maximum absolute atomic E-state index is 11.8.